The summed E-state index contributed by atoms with van der Waals surface area (Å²) in [5.74, 6) is -1.40. The van der Waals surface area contributed by atoms with Crippen molar-refractivity contribution in [3.8, 4) is 0 Å². The van der Waals surface area contributed by atoms with Crippen LogP contribution in [0.2, 0.25) is 0 Å². The van der Waals surface area contributed by atoms with Gasteiger partial charge < -0.3 is 10.1 Å². The molecular weight excluding hydrogens is 348 g/mol. The number of rotatable bonds is 7. The Morgan fingerprint density at radius 3 is 2.56 bits per heavy atom. The summed E-state index contributed by atoms with van der Waals surface area (Å²) in [6.45, 7) is -0.326. The highest BCUT2D eigenvalue weighted by Crippen LogP contribution is 2.49. The Hall–Kier alpha value is -1.63. The van der Waals surface area contributed by atoms with Crippen LogP contribution >= 0.6 is 11.8 Å². The minimum Gasteiger partial charge on any atom is -0.456 e. The van der Waals surface area contributed by atoms with E-state index >= 15 is 0 Å². The molecule has 7 heteroatoms. The number of benzene rings is 1. The highest BCUT2D eigenvalue weighted by Gasteiger charge is 2.40. The predicted molar refractivity (Wildman–Crippen MR) is 91.4 cm³/mol. The topological polar surface area (TPSA) is 55.4 Å². The lowest BCUT2D eigenvalue weighted by atomic mass is 9.86. The fraction of sp³-hybridized carbons (Fsp3) is 0.556. The van der Waals surface area contributed by atoms with Gasteiger partial charge in [0, 0.05) is 17.0 Å². The highest BCUT2D eigenvalue weighted by molar-refractivity contribution is 7.99. The Morgan fingerprint density at radius 1 is 1.20 bits per heavy atom. The predicted octanol–water partition coefficient (Wildman–Crippen LogP) is 4.31. The Balaban J connectivity index is 1.38. The maximum atomic E-state index is 12.2. The van der Waals surface area contributed by atoms with Crippen molar-refractivity contribution in [3.05, 3.63) is 24.3 Å². The van der Waals surface area contributed by atoms with E-state index in [1.807, 2.05) is 0 Å². The van der Waals surface area contributed by atoms with Crippen LogP contribution in [0, 0.1) is 17.8 Å². The number of ether oxygens (including phenoxy) is 1. The molecular formula is C18H21F2NO3S. The smallest absolute Gasteiger partial charge is 0.306 e. The third-order valence-corrected chi connectivity index (χ3v) is 5.76. The fourth-order valence-corrected chi connectivity index (χ4v) is 4.46. The van der Waals surface area contributed by atoms with Gasteiger partial charge in [0.05, 0.1) is 0 Å². The quantitative estimate of drug-likeness (QED) is 0.575. The van der Waals surface area contributed by atoms with Gasteiger partial charge in [0.1, 0.15) is 0 Å². The molecule has 4 nitrogen and oxygen atoms in total. The summed E-state index contributed by atoms with van der Waals surface area (Å²) in [5, 5.41) is 2.59. The van der Waals surface area contributed by atoms with Gasteiger partial charge in [0.2, 0.25) is 0 Å². The number of alkyl halides is 2. The zero-order valence-corrected chi connectivity index (χ0v) is 14.6. The van der Waals surface area contributed by atoms with Crippen LogP contribution in [0.15, 0.2) is 29.2 Å². The van der Waals surface area contributed by atoms with E-state index in [0.29, 0.717) is 40.6 Å². The van der Waals surface area contributed by atoms with E-state index < -0.39 is 11.7 Å². The molecule has 2 aliphatic rings. The third kappa shape index (κ3) is 5.17. The van der Waals surface area contributed by atoms with Crippen molar-refractivity contribution in [3.63, 3.8) is 0 Å². The zero-order chi connectivity index (χ0) is 17.8. The normalized spacial score (nSPS) is 24.5. The second-order valence-electron chi connectivity index (χ2n) is 6.75. The number of hydrogen-bond acceptors (Lipinski definition) is 4. The number of halogens is 2. The van der Waals surface area contributed by atoms with Gasteiger partial charge in [-0.3, -0.25) is 9.59 Å². The molecule has 1 aromatic carbocycles. The molecule has 0 aliphatic heterocycles. The first kappa shape index (κ1) is 18.2. The van der Waals surface area contributed by atoms with Gasteiger partial charge in [0.25, 0.3) is 11.7 Å². The Kier molecular flexibility index (Phi) is 5.93. The van der Waals surface area contributed by atoms with Gasteiger partial charge in [-0.25, -0.2) is 0 Å². The second kappa shape index (κ2) is 8.17. The van der Waals surface area contributed by atoms with E-state index in [1.165, 1.54) is 31.4 Å². The summed E-state index contributed by atoms with van der Waals surface area (Å²) in [5.41, 5.74) is 0.479. The highest BCUT2D eigenvalue weighted by atomic mass is 32.2. The Bertz CT molecular complexity index is 623. The summed E-state index contributed by atoms with van der Waals surface area (Å²) in [7, 11) is 0. The van der Waals surface area contributed by atoms with E-state index in [0.717, 1.165) is 12.3 Å². The first-order valence-electron chi connectivity index (χ1n) is 8.50. The van der Waals surface area contributed by atoms with Gasteiger partial charge in [-0.15, -0.1) is 0 Å². The zero-order valence-electron chi connectivity index (χ0n) is 13.8. The molecule has 0 spiro atoms. The van der Waals surface area contributed by atoms with Crippen LogP contribution in [-0.4, -0.2) is 24.2 Å². The lowest BCUT2D eigenvalue weighted by Gasteiger charge is -2.20. The van der Waals surface area contributed by atoms with Gasteiger partial charge in [-0.1, -0.05) is 18.2 Å². The van der Waals surface area contributed by atoms with E-state index in [2.05, 4.69) is 5.32 Å². The van der Waals surface area contributed by atoms with Crippen molar-refractivity contribution in [1.82, 2.24) is 0 Å². The van der Waals surface area contributed by atoms with Crippen LogP contribution < -0.4 is 5.32 Å². The number of carbonyl (C=O) groups is 2. The summed E-state index contributed by atoms with van der Waals surface area (Å²) in [6, 6.07) is 6.10. The van der Waals surface area contributed by atoms with E-state index in [-0.39, 0.29) is 12.6 Å². The van der Waals surface area contributed by atoms with Crippen LogP contribution in [-0.2, 0) is 14.3 Å². The van der Waals surface area contributed by atoms with Crippen LogP contribution in [0.4, 0.5) is 14.5 Å². The number of anilines is 1. The second-order valence-corrected chi connectivity index (χ2v) is 7.81. The van der Waals surface area contributed by atoms with Crippen LogP contribution in [0.1, 0.15) is 32.1 Å². The number of esters is 1. The molecule has 25 heavy (non-hydrogen) atoms. The summed E-state index contributed by atoms with van der Waals surface area (Å²) < 4.78 is 29.6. The lowest BCUT2D eigenvalue weighted by molar-refractivity contribution is -0.148. The number of hydrogen-bond donors (Lipinski definition) is 1. The van der Waals surface area contributed by atoms with Gasteiger partial charge in [-0.2, -0.15) is 8.78 Å². The average Bonchev–Trinajstić information content (AvgIpc) is 3.17. The molecule has 2 aliphatic carbocycles. The molecule has 0 radical (unpaired) electrons. The van der Waals surface area contributed by atoms with Crippen molar-refractivity contribution < 1.29 is 23.1 Å². The number of nitrogens with one attached hydrogen (secondary N) is 1. The van der Waals surface area contributed by atoms with Gasteiger partial charge >= 0.3 is 5.97 Å². The van der Waals surface area contributed by atoms with Crippen LogP contribution in [0.3, 0.4) is 0 Å². The molecule has 2 bridgehead atoms. The first-order chi connectivity index (χ1) is 12.0. The number of carbonyl (C=O) groups excluding carboxylic acids is 2. The van der Waals surface area contributed by atoms with E-state index in [9.17, 15) is 18.4 Å². The molecule has 0 unspecified atom stereocenters. The van der Waals surface area contributed by atoms with Crippen LogP contribution in [0.5, 0.6) is 0 Å². The van der Waals surface area contributed by atoms with E-state index in [1.54, 1.807) is 12.1 Å². The molecule has 0 saturated heterocycles. The summed E-state index contributed by atoms with van der Waals surface area (Å²) in [4.78, 5) is 24.2. The molecule has 0 aromatic heterocycles. The molecule has 1 N–H and O–H groups in total. The molecule has 1 amide bonds. The minimum atomic E-state index is -2.48. The number of amides is 1. The SMILES string of the molecule is O=C(COC(=O)C[C@@H]1C[C@@H]2CC[C@@H]1C2)Nc1ccc(SC(F)F)cc1. The lowest BCUT2D eigenvalue weighted by Crippen LogP contribution is -2.23. The van der Waals surface area contributed by atoms with E-state index in [4.69, 9.17) is 4.74 Å². The molecule has 3 rings (SSSR count). The number of thioether (sulfide) groups is 1. The first-order valence-corrected chi connectivity index (χ1v) is 9.38. The van der Waals surface area contributed by atoms with Crippen molar-refractivity contribution in [1.29, 1.82) is 0 Å². The third-order valence-electron chi connectivity index (χ3n) is 5.04. The average molecular weight is 369 g/mol. The van der Waals surface area contributed by atoms with Crippen molar-refractivity contribution in [2.75, 3.05) is 11.9 Å². The molecule has 136 valence electrons. The standard InChI is InChI=1S/C18H21F2NO3S/c19-18(20)25-15-5-3-14(4-6-15)21-16(22)10-24-17(23)9-13-8-11-1-2-12(13)7-11/h3-6,11-13,18H,1-2,7-10H2,(H,21,22)/t11-,12-,13+/m1/s1. The van der Waals surface area contributed by atoms with Crippen molar-refractivity contribution >= 4 is 29.3 Å². The Morgan fingerprint density at radius 2 is 1.96 bits per heavy atom. The maximum absolute atomic E-state index is 12.2. The molecule has 1 aromatic rings. The van der Waals surface area contributed by atoms with Crippen molar-refractivity contribution in [2.45, 2.75) is 42.8 Å². The molecule has 3 atom stereocenters. The maximum Gasteiger partial charge on any atom is 0.306 e. The summed E-state index contributed by atoms with van der Waals surface area (Å²) in [6.07, 6.45) is 5.23. The molecule has 2 saturated carbocycles. The fourth-order valence-electron chi connectivity index (χ4n) is 3.96. The largest absolute Gasteiger partial charge is 0.456 e. The Labute approximate surface area is 149 Å². The van der Waals surface area contributed by atoms with Gasteiger partial charge in [-0.05, 0) is 61.3 Å². The van der Waals surface area contributed by atoms with Crippen molar-refractivity contribution in [2.24, 2.45) is 17.8 Å². The number of fused-ring (bicyclic) bond motifs is 2. The molecule has 2 fully saturated rings. The van der Waals surface area contributed by atoms with Gasteiger partial charge in [0.15, 0.2) is 6.61 Å². The minimum absolute atomic E-state index is 0.323. The monoisotopic (exact) mass is 369 g/mol. The van der Waals surface area contributed by atoms with Crippen LogP contribution in [0.25, 0.3) is 0 Å². The summed E-state index contributed by atoms with van der Waals surface area (Å²) >= 11 is 0.445. The molecule has 0 heterocycles.